The molecule has 7 rings (SSSR count). The van der Waals surface area contributed by atoms with Crippen LogP contribution < -0.4 is 9.13 Å². The Kier molecular flexibility index (Phi) is 17.5. The van der Waals surface area contributed by atoms with Gasteiger partial charge in [-0.05, 0) is 62.4 Å². The summed E-state index contributed by atoms with van der Waals surface area (Å²) in [5.41, 5.74) is 6.65. The summed E-state index contributed by atoms with van der Waals surface area (Å²) in [5, 5.41) is 0. The van der Waals surface area contributed by atoms with Gasteiger partial charge in [-0.2, -0.15) is 0 Å². The highest BCUT2D eigenvalue weighted by Gasteiger charge is 2.16. The Labute approximate surface area is 345 Å². The lowest BCUT2D eigenvalue weighted by molar-refractivity contribution is -0.674. The molecule has 318 valence electrons. The van der Waals surface area contributed by atoms with E-state index in [0.717, 1.165) is 37.3 Å². The number of hydrogen-bond acceptors (Lipinski definition) is 11. The maximum absolute atomic E-state index is 10.4. The van der Waals surface area contributed by atoms with Gasteiger partial charge in [-0.25, -0.2) is 35.1 Å². The second-order valence-corrected chi connectivity index (χ2v) is 16.3. The summed E-state index contributed by atoms with van der Waals surface area (Å²) in [6.07, 6.45) is 4.30. The van der Waals surface area contributed by atoms with E-state index in [2.05, 4.69) is 79.5 Å². The summed E-state index contributed by atoms with van der Waals surface area (Å²) in [7, 11) is -8.54. The summed E-state index contributed by atoms with van der Waals surface area (Å²) < 4.78 is 100. The highest BCUT2D eigenvalue weighted by atomic mass is 32.2. The second kappa shape index (κ2) is 22.7. The molecule has 1 aliphatic rings. The Morgan fingerprint density at radius 1 is 0.458 bits per heavy atom. The van der Waals surface area contributed by atoms with E-state index in [-0.39, 0.29) is 9.79 Å². The molecule has 1 aliphatic heterocycles. The number of fused-ring (bicyclic) bond motifs is 10. The molecule has 17 heteroatoms. The Bertz CT molecular complexity index is 2250. The molecule has 0 atom stereocenters. The molecule has 4 bridgehead atoms. The average Bonchev–Trinajstić information content (AvgIpc) is 3.75. The van der Waals surface area contributed by atoms with Crippen molar-refractivity contribution in [1.29, 1.82) is 0 Å². The number of ether oxygens (including phenoxy) is 5. The van der Waals surface area contributed by atoms with Crippen LogP contribution in [0.1, 0.15) is 11.1 Å². The zero-order valence-electron chi connectivity index (χ0n) is 33.4. The first kappa shape index (κ1) is 45.5. The summed E-state index contributed by atoms with van der Waals surface area (Å²) in [4.78, 5) is -0.355. The topological polar surface area (TPSA) is 178 Å². The van der Waals surface area contributed by atoms with Crippen molar-refractivity contribution in [3.8, 4) is 0 Å². The summed E-state index contributed by atoms with van der Waals surface area (Å²) in [6, 6.07) is 28.4. The molecular weight excluding hydrogens is 801 g/mol. The molecule has 0 saturated carbocycles. The van der Waals surface area contributed by atoms with Crippen LogP contribution in [-0.4, -0.2) is 101 Å². The van der Waals surface area contributed by atoms with Gasteiger partial charge in [0.2, 0.25) is 12.7 Å². The van der Waals surface area contributed by atoms with Crippen molar-refractivity contribution in [3.63, 3.8) is 0 Å². The lowest BCUT2D eigenvalue weighted by Gasteiger charge is -2.06. The van der Waals surface area contributed by atoms with Gasteiger partial charge >= 0.3 is 0 Å². The standard InChI is InChI=1S/C28H38N4O5.2C7H8O3S/c1-3-7-27-25(5-1)29-9-13-33-17-18-34-14-10-30-24-32(28-8-4-2-6-26(28)30)12-16-36-20-22-37-21-19-35-15-11-31(27)23-29;2*1-6-2-4-7(5-3-6)11(8,9)10/h1-8,23-24H,9-22H2;2*2-5H,1H3,(H,8,9,10)/q+2;;/p-2. The average molecular weight is 853 g/mol. The molecule has 2 aromatic heterocycles. The Morgan fingerprint density at radius 3 is 1.14 bits per heavy atom. The van der Waals surface area contributed by atoms with Gasteiger partial charge < -0.3 is 32.8 Å². The van der Waals surface area contributed by atoms with Crippen LogP contribution in [0.5, 0.6) is 0 Å². The number of rotatable bonds is 2. The van der Waals surface area contributed by atoms with Crippen molar-refractivity contribution < 1.29 is 58.8 Å². The molecule has 0 fully saturated rings. The Balaban J connectivity index is 0.000000244. The van der Waals surface area contributed by atoms with Crippen LogP contribution in [0.25, 0.3) is 22.1 Å². The van der Waals surface area contributed by atoms with E-state index in [4.69, 9.17) is 23.7 Å². The molecule has 0 unspecified atom stereocenters. The van der Waals surface area contributed by atoms with Gasteiger partial charge in [-0.15, -0.1) is 0 Å². The van der Waals surface area contributed by atoms with E-state index in [9.17, 15) is 25.9 Å². The fourth-order valence-electron chi connectivity index (χ4n) is 6.12. The maximum Gasteiger partial charge on any atom is 0.244 e. The number of imidazole rings is 2. The van der Waals surface area contributed by atoms with Crippen molar-refractivity contribution in [2.24, 2.45) is 0 Å². The van der Waals surface area contributed by atoms with Crippen LogP contribution >= 0.6 is 0 Å². The molecule has 0 amide bonds. The van der Waals surface area contributed by atoms with Crippen LogP contribution in [0.15, 0.2) is 120 Å². The van der Waals surface area contributed by atoms with E-state index in [1.54, 1.807) is 24.3 Å². The van der Waals surface area contributed by atoms with E-state index in [1.807, 2.05) is 13.8 Å². The van der Waals surface area contributed by atoms with Crippen LogP contribution in [0.2, 0.25) is 0 Å². The SMILES string of the molecule is Cc1ccc(S(=O)(=O)[O-])cc1.Cc1ccc(S(=O)(=O)[O-])cc1.c1ccc2c(c1)n1c[n+]2CCOCCOCCOCC[n+]2cn(c3ccccc32)CCOCCOCC1. The van der Waals surface area contributed by atoms with Crippen molar-refractivity contribution in [2.75, 3.05) is 66.1 Å². The molecule has 0 saturated heterocycles. The number of nitrogens with zero attached hydrogens (tertiary/aromatic N) is 4. The van der Waals surface area contributed by atoms with Gasteiger partial charge in [-0.3, -0.25) is 0 Å². The van der Waals surface area contributed by atoms with Gasteiger partial charge in [0, 0.05) is 0 Å². The first-order chi connectivity index (χ1) is 28.4. The first-order valence-electron chi connectivity index (χ1n) is 19.3. The van der Waals surface area contributed by atoms with Crippen molar-refractivity contribution >= 4 is 42.3 Å². The molecular formula is C42H52N4O11S2. The van der Waals surface area contributed by atoms with E-state index in [0.29, 0.717) is 66.1 Å². The van der Waals surface area contributed by atoms with Crippen molar-refractivity contribution in [1.82, 2.24) is 9.13 Å². The lowest BCUT2D eigenvalue weighted by atomic mass is 10.2. The maximum atomic E-state index is 10.4. The number of benzene rings is 4. The van der Waals surface area contributed by atoms with Gasteiger partial charge in [0.25, 0.3) is 0 Å². The van der Waals surface area contributed by atoms with Crippen molar-refractivity contribution in [2.45, 2.75) is 49.8 Å². The van der Waals surface area contributed by atoms with Gasteiger partial charge in [0.05, 0.1) is 75.9 Å². The predicted molar refractivity (Wildman–Crippen MR) is 217 cm³/mol. The lowest BCUT2D eigenvalue weighted by Crippen LogP contribution is -2.35. The predicted octanol–water partition coefficient (Wildman–Crippen LogP) is 3.77. The number of aromatic nitrogens is 4. The third kappa shape index (κ3) is 14.6. The number of para-hydroxylation sites is 4. The second-order valence-electron chi connectivity index (χ2n) is 13.6. The summed E-state index contributed by atoms with van der Waals surface area (Å²) >= 11 is 0. The van der Waals surface area contributed by atoms with Crippen LogP contribution in [0, 0.1) is 13.8 Å². The quantitative estimate of drug-likeness (QED) is 0.183. The molecule has 0 aliphatic carbocycles. The van der Waals surface area contributed by atoms with Crippen molar-refractivity contribution in [3.05, 3.63) is 121 Å². The minimum atomic E-state index is -4.27. The molecule has 0 N–H and O–H groups in total. The van der Waals surface area contributed by atoms with E-state index < -0.39 is 20.2 Å². The summed E-state index contributed by atoms with van der Waals surface area (Å²) in [6.45, 7) is 12.8. The Hall–Kier alpha value is -4.56. The third-order valence-electron chi connectivity index (χ3n) is 9.20. The molecule has 6 aromatic rings. The molecule has 15 nitrogen and oxygen atoms in total. The molecule has 0 spiro atoms. The molecule has 4 aromatic carbocycles. The smallest absolute Gasteiger partial charge is 0.244 e. The summed E-state index contributed by atoms with van der Waals surface area (Å²) in [5.74, 6) is 0. The van der Waals surface area contributed by atoms with E-state index in [1.165, 1.54) is 46.3 Å². The number of hydrogen-bond donors (Lipinski definition) is 0. The molecule has 0 radical (unpaired) electrons. The normalized spacial score (nSPS) is 15.8. The molecule has 59 heavy (non-hydrogen) atoms. The largest absolute Gasteiger partial charge is 0.744 e. The monoisotopic (exact) mass is 852 g/mol. The zero-order chi connectivity index (χ0) is 42.1. The minimum Gasteiger partial charge on any atom is -0.744 e. The van der Waals surface area contributed by atoms with Crippen LogP contribution in [0.4, 0.5) is 0 Å². The van der Waals surface area contributed by atoms with Gasteiger partial charge in [-0.1, -0.05) is 59.7 Å². The fourth-order valence-corrected chi connectivity index (χ4v) is 7.06. The Morgan fingerprint density at radius 2 is 0.780 bits per heavy atom. The van der Waals surface area contributed by atoms with Crippen LogP contribution in [-0.2, 0) is 70.1 Å². The van der Waals surface area contributed by atoms with E-state index >= 15 is 0 Å². The zero-order valence-corrected chi connectivity index (χ0v) is 35.0. The van der Waals surface area contributed by atoms with Crippen LogP contribution in [0.3, 0.4) is 0 Å². The third-order valence-corrected chi connectivity index (χ3v) is 10.9. The van der Waals surface area contributed by atoms with Gasteiger partial charge in [0.15, 0.2) is 22.1 Å². The number of aryl methyl sites for hydroxylation is 2. The highest BCUT2D eigenvalue weighted by molar-refractivity contribution is 7.86. The van der Waals surface area contributed by atoms with Gasteiger partial charge in [0.1, 0.15) is 46.4 Å². The fraction of sp³-hybridized carbons (Fsp3) is 0.381. The highest BCUT2D eigenvalue weighted by Crippen LogP contribution is 2.13. The minimum absolute atomic E-state index is 0.178. The first-order valence-corrected chi connectivity index (χ1v) is 22.1. The molecule has 3 heterocycles.